The molecule has 0 N–H and O–H groups in total. The third kappa shape index (κ3) is 1.79. The maximum Gasteiger partial charge on any atom is 0.306 e. The van der Waals surface area contributed by atoms with Gasteiger partial charge in [0.2, 0.25) is 0 Å². The van der Waals surface area contributed by atoms with Gasteiger partial charge in [-0.15, -0.1) is 0 Å². The smallest absolute Gasteiger partial charge is 0.306 e. The number of carbonyl (C=O) groups excluding carboxylic acids is 1. The lowest BCUT2D eigenvalue weighted by molar-refractivity contribution is -0.165. The zero-order chi connectivity index (χ0) is 9.30. The minimum atomic E-state index is -0.0284. The van der Waals surface area contributed by atoms with Crippen LogP contribution in [0.1, 0.15) is 34.1 Å². The van der Waals surface area contributed by atoms with Gasteiger partial charge < -0.3 is 4.74 Å². The number of ether oxygens (including phenoxy) is 1. The highest BCUT2D eigenvalue weighted by Gasteiger charge is 2.34. The Kier molecular flexibility index (Phi) is 2.76. The Morgan fingerprint density at radius 1 is 1.42 bits per heavy atom. The average Bonchev–Trinajstić information content (AvgIpc) is 1.96. The van der Waals surface area contributed by atoms with Crippen LogP contribution in [0.25, 0.3) is 0 Å². The van der Waals surface area contributed by atoms with E-state index in [1.54, 1.807) is 0 Å². The van der Waals surface area contributed by atoms with Crippen molar-refractivity contribution < 1.29 is 9.53 Å². The van der Waals surface area contributed by atoms with Crippen LogP contribution < -0.4 is 0 Å². The Morgan fingerprint density at radius 2 is 2.00 bits per heavy atom. The molecule has 0 aromatic carbocycles. The molecule has 0 aliphatic carbocycles. The SMILES string of the molecule is CC(C)[C@H]1OC(=O)C[C@@H](C)[C@H]1C. The van der Waals surface area contributed by atoms with Crippen molar-refractivity contribution in [1.29, 1.82) is 0 Å². The van der Waals surface area contributed by atoms with Crippen LogP contribution in [0.15, 0.2) is 0 Å². The zero-order valence-corrected chi connectivity index (χ0v) is 8.33. The summed E-state index contributed by atoms with van der Waals surface area (Å²) in [5.41, 5.74) is 0. The van der Waals surface area contributed by atoms with E-state index < -0.39 is 0 Å². The molecule has 70 valence electrons. The monoisotopic (exact) mass is 170 g/mol. The van der Waals surface area contributed by atoms with Crippen LogP contribution in [-0.2, 0) is 9.53 Å². The quantitative estimate of drug-likeness (QED) is 0.564. The summed E-state index contributed by atoms with van der Waals surface area (Å²) in [5, 5.41) is 0. The molecule has 12 heavy (non-hydrogen) atoms. The molecule has 2 nitrogen and oxygen atoms in total. The molecule has 0 aromatic rings. The van der Waals surface area contributed by atoms with Gasteiger partial charge in [0.1, 0.15) is 6.10 Å². The number of rotatable bonds is 1. The summed E-state index contributed by atoms with van der Waals surface area (Å²) in [6.45, 7) is 8.50. The van der Waals surface area contributed by atoms with Crippen molar-refractivity contribution in [1.82, 2.24) is 0 Å². The molecular formula is C10H18O2. The van der Waals surface area contributed by atoms with E-state index >= 15 is 0 Å². The molecule has 0 radical (unpaired) electrons. The van der Waals surface area contributed by atoms with Crippen molar-refractivity contribution in [3.8, 4) is 0 Å². The molecule has 0 saturated carbocycles. The van der Waals surface area contributed by atoms with Gasteiger partial charge >= 0.3 is 5.97 Å². The summed E-state index contributed by atoms with van der Waals surface area (Å²) in [5.74, 6) is 1.38. The van der Waals surface area contributed by atoms with Gasteiger partial charge in [-0.25, -0.2) is 0 Å². The number of hydrogen-bond donors (Lipinski definition) is 0. The van der Waals surface area contributed by atoms with E-state index in [0.29, 0.717) is 24.2 Å². The van der Waals surface area contributed by atoms with Gasteiger partial charge in [0, 0.05) is 6.42 Å². The van der Waals surface area contributed by atoms with E-state index in [2.05, 4.69) is 27.7 Å². The number of esters is 1. The van der Waals surface area contributed by atoms with E-state index in [1.807, 2.05) is 0 Å². The Bertz CT molecular complexity index is 175. The second kappa shape index (κ2) is 3.46. The minimum absolute atomic E-state index is 0.0284. The summed E-state index contributed by atoms with van der Waals surface area (Å²) >= 11 is 0. The van der Waals surface area contributed by atoms with E-state index in [9.17, 15) is 4.79 Å². The normalized spacial score (nSPS) is 36.8. The lowest BCUT2D eigenvalue weighted by Gasteiger charge is -2.35. The first kappa shape index (κ1) is 9.56. The van der Waals surface area contributed by atoms with Crippen molar-refractivity contribution in [2.45, 2.75) is 40.2 Å². The van der Waals surface area contributed by atoms with Gasteiger partial charge in [0.25, 0.3) is 0 Å². The molecule has 1 heterocycles. The fourth-order valence-electron chi connectivity index (χ4n) is 1.82. The first-order chi connectivity index (χ1) is 5.52. The summed E-state index contributed by atoms with van der Waals surface area (Å²) < 4.78 is 5.29. The topological polar surface area (TPSA) is 26.3 Å². The van der Waals surface area contributed by atoms with Gasteiger partial charge in [-0.1, -0.05) is 27.7 Å². The van der Waals surface area contributed by atoms with Gasteiger partial charge in [-0.2, -0.15) is 0 Å². The predicted molar refractivity (Wildman–Crippen MR) is 47.7 cm³/mol. The highest BCUT2D eigenvalue weighted by atomic mass is 16.5. The lowest BCUT2D eigenvalue weighted by Crippen LogP contribution is -2.39. The number of cyclic esters (lactones) is 1. The van der Waals surface area contributed by atoms with Crippen LogP contribution >= 0.6 is 0 Å². The van der Waals surface area contributed by atoms with Gasteiger partial charge in [-0.3, -0.25) is 4.79 Å². The highest BCUT2D eigenvalue weighted by molar-refractivity contribution is 5.70. The standard InChI is InChI=1S/C10H18O2/c1-6(2)10-8(4)7(3)5-9(11)12-10/h6-8,10H,5H2,1-4H3/t7-,8-,10-/m1/s1. The average molecular weight is 170 g/mol. The summed E-state index contributed by atoms with van der Waals surface area (Å²) in [4.78, 5) is 11.1. The Morgan fingerprint density at radius 3 is 2.50 bits per heavy atom. The molecule has 1 rings (SSSR count). The fourth-order valence-corrected chi connectivity index (χ4v) is 1.82. The molecule has 1 saturated heterocycles. The van der Waals surface area contributed by atoms with E-state index in [-0.39, 0.29) is 12.1 Å². The molecule has 0 amide bonds. The van der Waals surface area contributed by atoms with Crippen LogP contribution in [0.2, 0.25) is 0 Å². The summed E-state index contributed by atoms with van der Waals surface area (Å²) in [6, 6.07) is 0. The van der Waals surface area contributed by atoms with Crippen LogP contribution in [0.3, 0.4) is 0 Å². The lowest BCUT2D eigenvalue weighted by atomic mass is 9.81. The minimum Gasteiger partial charge on any atom is -0.462 e. The molecule has 0 unspecified atom stereocenters. The predicted octanol–water partition coefficient (Wildman–Crippen LogP) is 2.23. The first-order valence-corrected chi connectivity index (χ1v) is 4.72. The highest BCUT2D eigenvalue weighted by Crippen LogP contribution is 2.30. The van der Waals surface area contributed by atoms with Crippen LogP contribution in [-0.4, -0.2) is 12.1 Å². The van der Waals surface area contributed by atoms with Gasteiger partial charge in [0.05, 0.1) is 0 Å². The molecular weight excluding hydrogens is 152 g/mol. The molecule has 1 aliphatic heterocycles. The molecule has 3 atom stereocenters. The molecule has 1 fully saturated rings. The Hall–Kier alpha value is -0.530. The second-order valence-electron chi connectivity index (χ2n) is 4.24. The van der Waals surface area contributed by atoms with Gasteiger partial charge in [-0.05, 0) is 17.8 Å². The third-order valence-electron chi connectivity index (χ3n) is 2.83. The Balaban J connectivity index is 2.66. The van der Waals surface area contributed by atoms with E-state index in [0.717, 1.165) is 0 Å². The maximum atomic E-state index is 11.1. The Labute approximate surface area is 74.3 Å². The van der Waals surface area contributed by atoms with E-state index in [1.165, 1.54) is 0 Å². The van der Waals surface area contributed by atoms with Crippen LogP contribution in [0.5, 0.6) is 0 Å². The number of carbonyl (C=O) groups is 1. The van der Waals surface area contributed by atoms with Crippen molar-refractivity contribution >= 4 is 5.97 Å². The van der Waals surface area contributed by atoms with Crippen molar-refractivity contribution in [2.75, 3.05) is 0 Å². The van der Waals surface area contributed by atoms with Crippen LogP contribution in [0, 0.1) is 17.8 Å². The molecule has 0 aromatic heterocycles. The first-order valence-electron chi connectivity index (χ1n) is 4.72. The van der Waals surface area contributed by atoms with Crippen molar-refractivity contribution in [2.24, 2.45) is 17.8 Å². The largest absolute Gasteiger partial charge is 0.462 e. The third-order valence-corrected chi connectivity index (χ3v) is 2.83. The summed E-state index contributed by atoms with van der Waals surface area (Å²) in [6.07, 6.45) is 0.714. The molecule has 0 bridgehead atoms. The molecule has 1 aliphatic rings. The second-order valence-corrected chi connectivity index (χ2v) is 4.24. The molecule has 2 heteroatoms. The van der Waals surface area contributed by atoms with Crippen molar-refractivity contribution in [3.63, 3.8) is 0 Å². The zero-order valence-electron chi connectivity index (χ0n) is 8.33. The number of hydrogen-bond acceptors (Lipinski definition) is 2. The van der Waals surface area contributed by atoms with E-state index in [4.69, 9.17) is 4.74 Å². The fraction of sp³-hybridized carbons (Fsp3) is 0.900. The van der Waals surface area contributed by atoms with Crippen molar-refractivity contribution in [3.05, 3.63) is 0 Å². The molecule has 0 spiro atoms. The van der Waals surface area contributed by atoms with Crippen LogP contribution in [0.4, 0.5) is 0 Å². The summed E-state index contributed by atoms with van der Waals surface area (Å²) in [7, 11) is 0. The van der Waals surface area contributed by atoms with Gasteiger partial charge in [0.15, 0.2) is 0 Å². The maximum absolute atomic E-state index is 11.1.